The molecule has 0 unspecified atom stereocenters. The first-order valence-electron chi connectivity index (χ1n) is 10.9. The number of carbonyl (C=O) groups is 1. The van der Waals surface area contributed by atoms with Crippen LogP contribution in [0.1, 0.15) is 41.6 Å². The number of halogens is 1. The molecule has 0 atom stereocenters. The molecule has 0 saturated heterocycles. The van der Waals surface area contributed by atoms with Crippen molar-refractivity contribution in [3.63, 3.8) is 0 Å². The van der Waals surface area contributed by atoms with Gasteiger partial charge in [0.2, 0.25) is 0 Å². The fourth-order valence-electron chi connectivity index (χ4n) is 4.31. The van der Waals surface area contributed by atoms with E-state index >= 15 is 0 Å². The molecule has 7 nitrogen and oxygen atoms in total. The van der Waals surface area contributed by atoms with Gasteiger partial charge in [0.15, 0.2) is 17.3 Å². The summed E-state index contributed by atoms with van der Waals surface area (Å²) in [6.45, 7) is 2.79. The third-order valence-corrected chi connectivity index (χ3v) is 6.50. The molecule has 3 N–H and O–H groups in total. The Kier molecular flexibility index (Phi) is 6.74. The molecule has 1 heterocycles. The van der Waals surface area contributed by atoms with E-state index in [4.69, 9.17) is 21.1 Å². The quantitative estimate of drug-likeness (QED) is 0.468. The Morgan fingerprint density at radius 2 is 1.84 bits per heavy atom. The molecule has 32 heavy (non-hydrogen) atoms. The summed E-state index contributed by atoms with van der Waals surface area (Å²) in [7, 11) is 3.24. The maximum Gasteiger partial charge on any atom is 0.253 e. The number of aromatic nitrogens is 2. The zero-order valence-electron chi connectivity index (χ0n) is 18.6. The van der Waals surface area contributed by atoms with Gasteiger partial charge < -0.3 is 20.1 Å². The number of ether oxygens (including phenoxy) is 2. The summed E-state index contributed by atoms with van der Waals surface area (Å²) in [6.07, 6.45) is 3.99. The summed E-state index contributed by atoms with van der Waals surface area (Å²) in [4.78, 5) is 12.6. The molecule has 1 saturated carbocycles. The minimum atomic E-state index is -0.0901. The molecule has 1 aliphatic carbocycles. The smallest absolute Gasteiger partial charge is 0.253 e. The molecule has 8 heteroatoms. The van der Waals surface area contributed by atoms with E-state index in [2.05, 4.69) is 20.8 Å². The van der Waals surface area contributed by atoms with Crippen LogP contribution in [0.15, 0.2) is 30.3 Å². The van der Waals surface area contributed by atoms with Crippen molar-refractivity contribution in [2.45, 2.75) is 38.6 Å². The van der Waals surface area contributed by atoms with Gasteiger partial charge in [0.05, 0.1) is 30.3 Å². The Morgan fingerprint density at radius 3 is 2.56 bits per heavy atom. The van der Waals surface area contributed by atoms with Crippen LogP contribution in [-0.2, 0) is 0 Å². The molecule has 1 aromatic heterocycles. The van der Waals surface area contributed by atoms with Gasteiger partial charge in [-0.1, -0.05) is 23.2 Å². The van der Waals surface area contributed by atoms with E-state index in [0.29, 0.717) is 28.0 Å². The van der Waals surface area contributed by atoms with Gasteiger partial charge in [-0.2, -0.15) is 5.10 Å². The topological polar surface area (TPSA) is 88.3 Å². The molecule has 4 rings (SSSR count). The van der Waals surface area contributed by atoms with E-state index in [0.717, 1.165) is 54.5 Å². The van der Waals surface area contributed by atoms with Crippen LogP contribution in [0.2, 0.25) is 5.02 Å². The van der Waals surface area contributed by atoms with Crippen LogP contribution in [-0.4, -0.2) is 42.9 Å². The first-order chi connectivity index (χ1) is 15.5. The van der Waals surface area contributed by atoms with Gasteiger partial charge in [-0.15, -0.1) is 0 Å². The highest BCUT2D eigenvalue weighted by molar-refractivity contribution is 6.33. The van der Waals surface area contributed by atoms with E-state index in [9.17, 15) is 4.79 Å². The van der Waals surface area contributed by atoms with Gasteiger partial charge in [0.25, 0.3) is 5.91 Å². The number of H-pyrrole nitrogens is 1. The largest absolute Gasteiger partial charge is 0.493 e. The van der Waals surface area contributed by atoms with Crippen molar-refractivity contribution >= 4 is 34.2 Å². The molecule has 1 fully saturated rings. The van der Waals surface area contributed by atoms with Crippen LogP contribution in [0.3, 0.4) is 0 Å². The summed E-state index contributed by atoms with van der Waals surface area (Å²) in [6, 6.07) is 9.53. The van der Waals surface area contributed by atoms with Gasteiger partial charge in [-0.25, -0.2) is 0 Å². The molecule has 170 valence electrons. The van der Waals surface area contributed by atoms with E-state index < -0.39 is 0 Å². The molecule has 0 bridgehead atoms. The highest BCUT2D eigenvalue weighted by Gasteiger charge is 2.24. The summed E-state index contributed by atoms with van der Waals surface area (Å²) in [5, 5.41) is 15.6. The first-order valence-corrected chi connectivity index (χ1v) is 11.3. The Labute approximate surface area is 192 Å². The number of amides is 1. The van der Waals surface area contributed by atoms with Gasteiger partial charge in [0, 0.05) is 24.0 Å². The summed E-state index contributed by atoms with van der Waals surface area (Å²) < 4.78 is 10.8. The summed E-state index contributed by atoms with van der Waals surface area (Å²) >= 11 is 6.21. The molecule has 1 amide bonds. The van der Waals surface area contributed by atoms with Crippen LogP contribution in [0, 0.1) is 12.8 Å². The number of hydrogen-bond donors (Lipinski definition) is 3. The van der Waals surface area contributed by atoms with Crippen molar-refractivity contribution < 1.29 is 14.3 Å². The van der Waals surface area contributed by atoms with E-state index in [1.807, 2.05) is 31.2 Å². The Morgan fingerprint density at radius 1 is 1.12 bits per heavy atom. The zero-order valence-corrected chi connectivity index (χ0v) is 19.4. The number of rotatable bonds is 7. The number of nitrogens with one attached hydrogen (secondary N) is 3. The number of benzene rings is 2. The fourth-order valence-corrected chi connectivity index (χ4v) is 4.51. The lowest BCUT2D eigenvalue weighted by Gasteiger charge is -2.29. The Bertz CT molecular complexity index is 1110. The van der Waals surface area contributed by atoms with Crippen molar-refractivity contribution in [3.05, 3.63) is 46.5 Å². The lowest BCUT2D eigenvalue weighted by atomic mass is 9.86. The van der Waals surface area contributed by atoms with Crippen LogP contribution < -0.4 is 20.1 Å². The van der Waals surface area contributed by atoms with Crippen molar-refractivity contribution in [1.82, 2.24) is 15.5 Å². The molecule has 0 aliphatic heterocycles. The monoisotopic (exact) mass is 456 g/mol. The number of aromatic amines is 1. The molecule has 0 spiro atoms. The summed E-state index contributed by atoms with van der Waals surface area (Å²) in [5.74, 6) is 2.59. The van der Waals surface area contributed by atoms with E-state index in [-0.39, 0.29) is 11.9 Å². The van der Waals surface area contributed by atoms with Crippen LogP contribution in [0.25, 0.3) is 10.9 Å². The van der Waals surface area contributed by atoms with Crippen LogP contribution in [0.4, 0.5) is 5.82 Å². The van der Waals surface area contributed by atoms with E-state index in [1.54, 1.807) is 20.3 Å². The predicted octanol–water partition coefficient (Wildman–Crippen LogP) is 4.94. The second-order valence-corrected chi connectivity index (χ2v) is 8.79. The van der Waals surface area contributed by atoms with Gasteiger partial charge >= 0.3 is 0 Å². The Balaban J connectivity index is 1.31. The minimum absolute atomic E-state index is 0.0901. The first kappa shape index (κ1) is 22.3. The fraction of sp³-hybridized carbons (Fsp3) is 0.417. The van der Waals surface area contributed by atoms with Gasteiger partial charge in [-0.3, -0.25) is 9.89 Å². The van der Waals surface area contributed by atoms with Gasteiger partial charge in [0.1, 0.15) is 0 Å². The van der Waals surface area contributed by atoms with Gasteiger partial charge in [-0.05, 0) is 56.7 Å². The number of nitrogens with zero attached hydrogens (tertiary/aromatic N) is 1. The molecular weight excluding hydrogens is 428 g/mol. The zero-order chi connectivity index (χ0) is 22.7. The highest BCUT2D eigenvalue weighted by atomic mass is 35.5. The number of hydrogen-bond acceptors (Lipinski definition) is 5. The maximum absolute atomic E-state index is 12.6. The third-order valence-electron chi connectivity index (χ3n) is 6.17. The SMILES string of the molecule is COc1cc2[nH]nc(NCC3CCC(NC(=O)c4cc(C)ccc4Cl)CC3)c2cc1OC. The highest BCUT2D eigenvalue weighted by Crippen LogP contribution is 2.34. The molecular formula is C24H29ClN4O3. The van der Waals surface area contributed by atoms with Crippen molar-refractivity contribution in [1.29, 1.82) is 0 Å². The molecule has 2 aromatic carbocycles. The lowest BCUT2D eigenvalue weighted by Crippen LogP contribution is -2.38. The standard InChI is InChI=1S/C24H29ClN4O3/c1-14-4-9-19(25)17(10-14)24(30)27-16-7-5-15(6-8-16)13-26-23-18-11-21(31-2)22(32-3)12-20(18)28-29-23/h4,9-12,15-16H,5-8,13H2,1-3H3,(H,27,30)(H2,26,28,29). The van der Waals surface area contributed by atoms with Crippen molar-refractivity contribution in [2.75, 3.05) is 26.1 Å². The number of carbonyl (C=O) groups excluding carboxylic acids is 1. The summed E-state index contributed by atoms with van der Waals surface area (Å²) in [5.41, 5.74) is 2.47. The lowest BCUT2D eigenvalue weighted by molar-refractivity contribution is 0.0922. The minimum Gasteiger partial charge on any atom is -0.493 e. The van der Waals surface area contributed by atoms with Crippen molar-refractivity contribution in [2.24, 2.45) is 5.92 Å². The average molecular weight is 457 g/mol. The predicted molar refractivity (Wildman–Crippen MR) is 127 cm³/mol. The average Bonchev–Trinajstić information content (AvgIpc) is 3.20. The number of fused-ring (bicyclic) bond motifs is 1. The van der Waals surface area contributed by atoms with Crippen LogP contribution in [0.5, 0.6) is 11.5 Å². The second kappa shape index (κ2) is 9.69. The number of anilines is 1. The normalized spacial score (nSPS) is 18.4. The second-order valence-electron chi connectivity index (χ2n) is 8.38. The van der Waals surface area contributed by atoms with Crippen LogP contribution >= 0.6 is 11.6 Å². The number of aryl methyl sites for hydroxylation is 1. The van der Waals surface area contributed by atoms with Crippen molar-refractivity contribution in [3.8, 4) is 11.5 Å². The third kappa shape index (κ3) is 4.78. The Hall–Kier alpha value is -2.93. The molecule has 0 radical (unpaired) electrons. The molecule has 3 aromatic rings. The molecule has 1 aliphatic rings. The van der Waals surface area contributed by atoms with E-state index in [1.165, 1.54) is 0 Å². The maximum atomic E-state index is 12.6. The number of methoxy groups -OCH3 is 2.